The third-order valence-electron chi connectivity index (χ3n) is 3.50. The molecule has 0 aliphatic carbocycles. The Labute approximate surface area is 121 Å². The van der Waals surface area contributed by atoms with Gasteiger partial charge in [-0.3, -0.25) is 4.79 Å². The van der Waals surface area contributed by atoms with Crippen molar-refractivity contribution in [2.24, 2.45) is 0 Å². The first-order valence-electron chi connectivity index (χ1n) is 6.63. The van der Waals surface area contributed by atoms with Crippen molar-refractivity contribution < 1.29 is 9.90 Å². The monoisotopic (exact) mass is 326 g/mol. The molecule has 0 aromatic heterocycles. The molecule has 1 aromatic carbocycles. The van der Waals surface area contributed by atoms with Crippen LogP contribution in [0.2, 0.25) is 0 Å². The summed E-state index contributed by atoms with van der Waals surface area (Å²) in [6.45, 7) is 4.48. The molecule has 2 rings (SSSR count). The molecule has 104 valence electrons. The summed E-state index contributed by atoms with van der Waals surface area (Å²) in [6.07, 6.45) is 2.10. The SMILES string of the molecule is CCN(C(=O)c1ccc(Br)cc1O)C1CCCNC1. The molecule has 1 atom stereocenters. The van der Waals surface area contributed by atoms with E-state index in [-0.39, 0.29) is 17.7 Å². The molecule has 0 bridgehead atoms. The Kier molecular flexibility index (Phi) is 4.82. The van der Waals surface area contributed by atoms with Gasteiger partial charge < -0.3 is 15.3 Å². The highest BCUT2D eigenvalue weighted by Gasteiger charge is 2.26. The van der Waals surface area contributed by atoms with E-state index in [2.05, 4.69) is 21.2 Å². The van der Waals surface area contributed by atoms with Crippen LogP contribution in [0.1, 0.15) is 30.1 Å². The summed E-state index contributed by atoms with van der Waals surface area (Å²) in [5.41, 5.74) is 0.371. The molecule has 1 aliphatic heterocycles. The predicted molar refractivity (Wildman–Crippen MR) is 78.4 cm³/mol. The first-order valence-corrected chi connectivity index (χ1v) is 7.43. The molecular weight excluding hydrogens is 308 g/mol. The molecule has 0 spiro atoms. The van der Waals surface area contributed by atoms with Crippen molar-refractivity contribution in [1.29, 1.82) is 0 Å². The van der Waals surface area contributed by atoms with Crippen molar-refractivity contribution in [3.05, 3.63) is 28.2 Å². The van der Waals surface area contributed by atoms with Crippen LogP contribution in [0, 0.1) is 0 Å². The Bertz CT molecular complexity index is 459. The molecule has 1 aromatic rings. The lowest BCUT2D eigenvalue weighted by Gasteiger charge is -2.34. The van der Waals surface area contributed by atoms with Crippen LogP contribution in [0.25, 0.3) is 0 Å². The molecule has 1 heterocycles. The summed E-state index contributed by atoms with van der Waals surface area (Å²) < 4.78 is 0.768. The second-order valence-electron chi connectivity index (χ2n) is 4.75. The Morgan fingerprint density at radius 1 is 1.58 bits per heavy atom. The van der Waals surface area contributed by atoms with Crippen molar-refractivity contribution >= 4 is 21.8 Å². The summed E-state index contributed by atoms with van der Waals surface area (Å²) in [6, 6.07) is 5.22. The smallest absolute Gasteiger partial charge is 0.257 e. The number of aromatic hydroxyl groups is 1. The molecule has 1 unspecified atom stereocenters. The number of carbonyl (C=O) groups is 1. The number of likely N-dealkylation sites (N-methyl/N-ethyl adjacent to an activating group) is 1. The molecule has 4 nitrogen and oxygen atoms in total. The number of hydrogen-bond donors (Lipinski definition) is 2. The first-order chi connectivity index (χ1) is 9.13. The van der Waals surface area contributed by atoms with Gasteiger partial charge in [0, 0.05) is 23.6 Å². The third kappa shape index (κ3) is 3.28. The average Bonchev–Trinajstić information content (AvgIpc) is 2.40. The molecule has 1 fully saturated rings. The summed E-state index contributed by atoms with van der Waals surface area (Å²) in [5.74, 6) is -0.0669. The molecule has 1 aliphatic rings. The molecule has 5 heteroatoms. The fourth-order valence-electron chi connectivity index (χ4n) is 2.51. The van der Waals surface area contributed by atoms with Gasteiger partial charge in [0.25, 0.3) is 5.91 Å². The van der Waals surface area contributed by atoms with Crippen LogP contribution in [0.3, 0.4) is 0 Å². The maximum absolute atomic E-state index is 12.5. The number of phenols is 1. The summed E-state index contributed by atoms with van der Waals surface area (Å²) in [7, 11) is 0. The number of hydrogen-bond acceptors (Lipinski definition) is 3. The largest absolute Gasteiger partial charge is 0.507 e. The number of nitrogens with one attached hydrogen (secondary N) is 1. The standard InChI is InChI=1S/C14H19BrN2O2/c1-2-17(11-4-3-7-16-9-11)14(19)12-6-5-10(15)8-13(12)18/h5-6,8,11,16,18H,2-4,7,9H2,1H3. The van der Waals surface area contributed by atoms with E-state index >= 15 is 0 Å². The van der Waals surface area contributed by atoms with Gasteiger partial charge in [0.15, 0.2) is 0 Å². The van der Waals surface area contributed by atoms with Crippen molar-refractivity contribution in [2.75, 3.05) is 19.6 Å². The Morgan fingerprint density at radius 3 is 2.95 bits per heavy atom. The van der Waals surface area contributed by atoms with Crippen LogP contribution < -0.4 is 5.32 Å². The highest BCUT2D eigenvalue weighted by Crippen LogP contribution is 2.25. The minimum absolute atomic E-state index is 0.0293. The van der Waals surface area contributed by atoms with Crippen LogP contribution >= 0.6 is 15.9 Å². The number of nitrogens with zero attached hydrogens (tertiary/aromatic N) is 1. The summed E-state index contributed by atoms with van der Waals surface area (Å²) in [4.78, 5) is 14.4. The minimum Gasteiger partial charge on any atom is -0.507 e. The van der Waals surface area contributed by atoms with Gasteiger partial charge in [-0.25, -0.2) is 0 Å². The van der Waals surface area contributed by atoms with Crippen LogP contribution in [0.5, 0.6) is 5.75 Å². The molecule has 19 heavy (non-hydrogen) atoms. The fraction of sp³-hybridized carbons (Fsp3) is 0.500. The van der Waals surface area contributed by atoms with E-state index in [9.17, 15) is 9.90 Å². The lowest BCUT2D eigenvalue weighted by Crippen LogP contribution is -2.48. The van der Waals surface area contributed by atoms with Crippen molar-refractivity contribution in [3.8, 4) is 5.75 Å². The average molecular weight is 327 g/mol. The number of carbonyl (C=O) groups excluding carboxylic acids is 1. The highest BCUT2D eigenvalue weighted by atomic mass is 79.9. The maximum atomic E-state index is 12.5. The topological polar surface area (TPSA) is 52.6 Å². The van der Waals surface area contributed by atoms with E-state index in [0.717, 1.165) is 30.4 Å². The fourth-order valence-corrected chi connectivity index (χ4v) is 2.86. The number of rotatable bonds is 3. The number of phenolic OH excluding ortho intramolecular Hbond substituents is 1. The second-order valence-corrected chi connectivity index (χ2v) is 5.67. The quantitative estimate of drug-likeness (QED) is 0.896. The molecule has 0 radical (unpaired) electrons. The summed E-state index contributed by atoms with van der Waals surface area (Å²) in [5, 5.41) is 13.2. The molecule has 2 N–H and O–H groups in total. The number of amides is 1. The number of piperidine rings is 1. The van der Waals surface area contributed by atoms with E-state index in [1.807, 2.05) is 11.8 Å². The van der Waals surface area contributed by atoms with Crippen molar-refractivity contribution in [3.63, 3.8) is 0 Å². The molecule has 1 saturated heterocycles. The maximum Gasteiger partial charge on any atom is 0.257 e. The molecular formula is C14H19BrN2O2. The Balaban J connectivity index is 2.19. The minimum atomic E-state index is -0.0961. The Morgan fingerprint density at radius 2 is 2.37 bits per heavy atom. The summed E-state index contributed by atoms with van der Waals surface area (Å²) >= 11 is 3.28. The number of halogens is 1. The zero-order valence-electron chi connectivity index (χ0n) is 11.0. The Hall–Kier alpha value is -1.07. The van der Waals surface area contributed by atoms with Gasteiger partial charge in [0.2, 0.25) is 0 Å². The van der Waals surface area contributed by atoms with Crippen LogP contribution in [0.4, 0.5) is 0 Å². The van der Waals surface area contributed by atoms with Crippen molar-refractivity contribution in [2.45, 2.75) is 25.8 Å². The van der Waals surface area contributed by atoms with E-state index < -0.39 is 0 Å². The van der Waals surface area contributed by atoms with Gasteiger partial charge in [-0.05, 0) is 44.5 Å². The van der Waals surface area contributed by atoms with Gasteiger partial charge in [0.05, 0.1) is 5.56 Å². The van der Waals surface area contributed by atoms with E-state index in [1.54, 1.807) is 18.2 Å². The van der Waals surface area contributed by atoms with E-state index in [1.165, 1.54) is 0 Å². The third-order valence-corrected chi connectivity index (χ3v) is 4.00. The molecule has 1 amide bonds. The normalized spacial score (nSPS) is 19.2. The van der Waals surface area contributed by atoms with Crippen LogP contribution in [0.15, 0.2) is 22.7 Å². The van der Waals surface area contributed by atoms with Gasteiger partial charge in [0.1, 0.15) is 5.75 Å². The van der Waals surface area contributed by atoms with Crippen LogP contribution in [-0.2, 0) is 0 Å². The van der Waals surface area contributed by atoms with Crippen LogP contribution in [-0.4, -0.2) is 41.6 Å². The zero-order chi connectivity index (χ0) is 13.8. The number of benzene rings is 1. The van der Waals surface area contributed by atoms with E-state index in [4.69, 9.17) is 0 Å². The van der Waals surface area contributed by atoms with E-state index in [0.29, 0.717) is 12.1 Å². The predicted octanol–water partition coefficient (Wildman–Crippen LogP) is 2.37. The van der Waals surface area contributed by atoms with Crippen molar-refractivity contribution in [1.82, 2.24) is 10.2 Å². The highest BCUT2D eigenvalue weighted by molar-refractivity contribution is 9.10. The zero-order valence-corrected chi connectivity index (χ0v) is 12.6. The first kappa shape index (κ1) is 14.3. The molecule has 0 saturated carbocycles. The van der Waals surface area contributed by atoms with Gasteiger partial charge in [-0.15, -0.1) is 0 Å². The van der Waals surface area contributed by atoms with Gasteiger partial charge in [-0.1, -0.05) is 15.9 Å². The van der Waals surface area contributed by atoms with Gasteiger partial charge in [-0.2, -0.15) is 0 Å². The van der Waals surface area contributed by atoms with Gasteiger partial charge >= 0.3 is 0 Å². The second kappa shape index (κ2) is 6.39. The lowest BCUT2D eigenvalue weighted by atomic mass is 10.0. The lowest BCUT2D eigenvalue weighted by molar-refractivity contribution is 0.0659.